The van der Waals surface area contributed by atoms with E-state index >= 15 is 0 Å². The largest absolute Gasteiger partial charge is 0.494 e. The molecule has 0 aliphatic rings. The molecule has 1 aromatic carbocycles. The van der Waals surface area contributed by atoms with Gasteiger partial charge in [-0.15, -0.1) is 0 Å². The first kappa shape index (κ1) is 18.5. The number of likely N-dealkylation sites (N-methyl/N-ethyl adjacent to an activating group) is 1. The fraction of sp³-hybridized carbons (Fsp3) is 0.588. The fourth-order valence-electron chi connectivity index (χ4n) is 2.06. The van der Waals surface area contributed by atoms with Crippen LogP contribution < -0.4 is 10.1 Å². The van der Waals surface area contributed by atoms with Crippen LogP contribution in [0.2, 0.25) is 0 Å². The van der Waals surface area contributed by atoms with Crippen molar-refractivity contribution in [1.82, 2.24) is 10.2 Å². The van der Waals surface area contributed by atoms with E-state index in [0.717, 1.165) is 37.2 Å². The molecule has 0 spiro atoms. The number of unbranched alkanes of at least 4 members (excludes halogenated alkanes) is 1. The first-order chi connectivity index (χ1) is 10.6. The highest BCUT2D eigenvalue weighted by atomic mass is 16.5. The van der Waals surface area contributed by atoms with Crippen molar-refractivity contribution >= 4 is 5.91 Å². The summed E-state index contributed by atoms with van der Waals surface area (Å²) in [6, 6.07) is 7.46. The summed E-state index contributed by atoms with van der Waals surface area (Å²) in [5.74, 6) is 0.771. The van der Waals surface area contributed by atoms with Crippen LogP contribution in [-0.4, -0.2) is 55.8 Å². The molecule has 0 aromatic heterocycles. The van der Waals surface area contributed by atoms with Gasteiger partial charge in [-0.25, -0.2) is 0 Å². The summed E-state index contributed by atoms with van der Waals surface area (Å²) in [5, 5.41) is 12.4. The van der Waals surface area contributed by atoms with Crippen LogP contribution in [-0.2, 0) is 11.2 Å². The maximum Gasteiger partial charge on any atom is 0.241 e. The number of aliphatic hydroxyl groups is 1. The Morgan fingerprint density at radius 1 is 1.41 bits per heavy atom. The summed E-state index contributed by atoms with van der Waals surface area (Å²) >= 11 is 0. The van der Waals surface area contributed by atoms with E-state index in [1.165, 1.54) is 4.90 Å². The molecule has 1 atom stereocenters. The van der Waals surface area contributed by atoms with E-state index in [2.05, 4.69) is 12.2 Å². The average molecular weight is 308 g/mol. The Labute approximate surface area is 133 Å². The van der Waals surface area contributed by atoms with Crippen LogP contribution in [0.15, 0.2) is 24.3 Å². The molecule has 1 amide bonds. The zero-order valence-electron chi connectivity index (χ0n) is 13.8. The first-order valence-electron chi connectivity index (χ1n) is 7.85. The fourth-order valence-corrected chi connectivity index (χ4v) is 2.06. The normalized spacial score (nSPS) is 12.0. The van der Waals surface area contributed by atoms with Gasteiger partial charge >= 0.3 is 0 Å². The minimum Gasteiger partial charge on any atom is -0.494 e. The van der Waals surface area contributed by atoms with Gasteiger partial charge in [-0.1, -0.05) is 25.5 Å². The summed E-state index contributed by atoms with van der Waals surface area (Å²) in [7, 11) is 3.37. The maximum atomic E-state index is 11.8. The molecular weight excluding hydrogens is 280 g/mol. The number of hydrogen-bond acceptors (Lipinski definition) is 4. The third-order valence-electron chi connectivity index (χ3n) is 3.39. The van der Waals surface area contributed by atoms with Gasteiger partial charge in [-0.2, -0.15) is 0 Å². The monoisotopic (exact) mass is 308 g/mol. The zero-order chi connectivity index (χ0) is 16.4. The Hall–Kier alpha value is -1.59. The first-order valence-corrected chi connectivity index (χ1v) is 7.85. The Morgan fingerprint density at radius 2 is 2.18 bits per heavy atom. The molecule has 1 unspecified atom stereocenters. The third-order valence-corrected chi connectivity index (χ3v) is 3.39. The highest BCUT2D eigenvalue weighted by molar-refractivity contribution is 5.81. The maximum absolute atomic E-state index is 11.8. The van der Waals surface area contributed by atoms with Gasteiger partial charge in [-0.3, -0.25) is 4.79 Å². The molecule has 0 aliphatic carbocycles. The highest BCUT2D eigenvalue weighted by Gasteiger charge is 2.17. The number of benzene rings is 1. The van der Waals surface area contributed by atoms with Crippen LogP contribution in [0.4, 0.5) is 0 Å². The number of carbonyl (C=O) groups excluding carboxylic acids is 1. The summed E-state index contributed by atoms with van der Waals surface area (Å²) in [5.41, 5.74) is 1.15. The number of hydrogen-bond donors (Lipinski definition) is 2. The molecule has 0 aliphatic heterocycles. The second-order valence-electron chi connectivity index (χ2n) is 5.52. The van der Waals surface area contributed by atoms with Crippen molar-refractivity contribution in [3.8, 4) is 5.75 Å². The number of rotatable bonds is 10. The lowest BCUT2D eigenvalue weighted by Gasteiger charge is -2.19. The number of nitrogens with one attached hydrogen (secondary N) is 1. The second-order valence-corrected chi connectivity index (χ2v) is 5.52. The van der Waals surface area contributed by atoms with Gasteiger partial charge in [0, 0.05) is 14.1 Å². The van der Waals surface area contributed by atoms with E-state index in [-0.39, 0.29) is 12.5 Å². The summed E-state index contributed by atoms with van der Waals surface area (Å²) in [6.07, 6.45) is 2.95. The molecule has 0 bridgehead atoms. The van der Waals surface area contributed by atoms with Crippen molar-refractivity contribution in [3.63, 3.8) is 0 Å². The standard InChI is InChI=1S/C17H28N2O3/c1-4-5-11-22-15-8-6-7-14(12-15)9-10-18-16(13-20)17(21)19(2)3/h6-8,12,16,18,20H,4-5,9-11,13H2,1-3H3. The van der Waals surface area contributed by atoms with Gasteiger partial charge in [0.1, 0.15) is 11.8 Å². The molecule has 5 heteroatoms. The Morgan fingerprint density at radius 3 is 2.82 bits per heavy atom. The summed E-state index contributed by atoms with van der Waals surface area (Å²) in [4.78, 5) is 13.3. The molecule has 22 heavy (non-hydrogen) atoms. The van der Waals surface area contributed by atoms with Crippen molar-refractivity contribution in [3.05, 3.63) is 29.8 Å². The van der Waals surface area contributed by atoms with Crippen molar-refractivity contribution < 1.29 is 14.6 Å². The molecule has 2 N–H and O–H groups in total. The molecular formula is C17H28N2O3. The van der Waals surface area contributed by atoms with Crippen LogP contribution in [0.5, 0.6) is 5.75 Å². The van der Waals surface area contributed by atoms with E-state index in [9.17, 15) is 9.90 Å². The van der Waals surface area contributed by atoms with Crippen LogP contribution in [0.3, 0.4) is 0 Å². The van der Waals surface area contributed by atoms with E-state index in [1.807, 2.05) is 24.3 Å². The number of carbonyl (C=O) groups is 1. The minimum atomic E-state index is -0.543. The Balaban J connectivity index is 2.43. The van der Waals surface area contributed by atoms with Gasteiger partial charge in [0.05, 0.1) is 13.2 Å². The van der Waals surface area contributed by atoms with Gasteiger partial charge < -0.3 is 20.1 Å². The van der Waals surface area contributed by atoms with Crippen LogP contribution >= 0.6 is 0 Å². The van der Waals surface area contributed by atoms with Gasteiger partial charge in [0.2, 0.25) is 5.91 Å². The third kappa shape index (κ3) is 6.45. The Bertz CT molecular complexity index is 449. The molecule has 0 heterocycles. The van der Waals surface area contributed by atoms with Crippen LogP contribution in [0.1, 0.15) is 25.3 Å². The van der Waals surface area contributed by atoms with E-state index < -0.39 is 6.04 Å². The predicted molar refractivity (Wildman–Crippen MR) is 88.1 cm³/mol. The second kappa shape index (κ2) is 10.2. The van der Waals surface area contributed by atoms with E-state index in [1.54, 1.807) is 14.1 Å². The number of nitrogens with zero attached hydrogens (tertiary/aromatic N) is 1. The molecule has 1 aromatic rings. The van der Waals surface area contributed by atoms with Crippen molar-refractivity contribution in [2.24, 2.45) is 0 Å². The summed E-state index contributed by atoms with van der Waals surface area (Å²) < 4.78 is 5.68. The number of ether oxygens (including phenoxy) is 1. The lowest BCUT2D eigenvalue weighted by molar-refractivity contribution is -0.131. The van der Waals surface area contributed by atoms with Gasteiger partial charge in [0.25, 0.3) is 0 Å². The molecule has 5 nitrogen and oxygen atoms in total. The van der Waals surface area contributed by atoms with Crippen LogP contribution in [0.25, 0.3) is 0 Å². The van der Waals surface area contributed by atoms with Crippen LogP contribution in [0, 0.1) is 0 Å². The average Bonchev–Trinajstić information content (AvgIpc) is 2.51. The van der Waals surface area contributed by atoms with E-state index in [0.29, 0.717) is 6.54 Å². The van der Waals surface area contributed by atoms with E-state index in [4.69, 9.17) is 4.74 Å². The number of amides is 1. The predicted octanol–water partition coefficient (Wildman–Crippen LogP) is 1.45. The van der Waals surface area contributed by atoms with Crippen molar-refractivity contribution in [2.75, 3.05) is 33.9 Å². The lowest BCUT2D eigenvalue weighted by Crippen LogP contribution is -2.46. The lowest BCUT2D eigenvalue weighted by atomic mass is 10.1. The Kier molecular flexibility index (Phi) is 8.55. The highest BCUT2D eigenvalue weighted by Crippen LogP contribution is 2.14. The molecule has 0 fully saturated rings. The summed E-state index contributed by atoms with van der Waals surface area (Å²) in [6.45, 7) is 3.31. The van der Waals surface area contributed by atoms with Gasteiger partial charge in [-0.05, 0) is 37.1 Å². The molecule has 0 saturated heterocycles. The minimum absolute atomic E-state index is 0.112. The van der Waals surface area contributed by atoms with Crippen molar-refractivity contribution in [1.29, 1.82) is 0 Å². The van der Waals surface area contributed by atoms with Crippen molar-refractivity contribution in [2.45, 2.75) is 32.2 Å². The van der Waals surface area contributed by atoms with Gasteiger partial charge in [0.15, 0.2) is 0 Å². The molecule has 124 valence electrons. The molecule has 0 radical (unpaired) electrons. The molecule has 1 rings (SSSR count). The quantitative estimate of drug-likeness (QED) is 0.642. The SMILES string of the molecule is CCCCOc1cccc(CCNC(CO)C(=O)N(C)C)c1. The number of aliphatic hydroxyl groups excluding tert-OH is 1. The smallest absolute Gasteiger partial charge is 0.241 e. The topological polar surface area (TPSA) is 61.8 Å². The molecule has 0 saturated carbocycles. The zero-order valence-corrected chi connectivity index (χ0v) is 13.8.